The molecule has 0 aliphatic rings. The van der Waals surface area contributed by atoms with E-state index in [4.69, 9.17) is 9.47 Å². The first-order valence-corrected chi connectivity index (χ1v) is 8.94. The molecule has 0 saturated carbocycles. The minimum atomic E-state index is -0.672. The van der Waals surface area contributed by atoms with Gasteiger partial charge in [0.1, 0.15) is 5.75 Å². The molecule has 0 aliphatic carbocycles. The van der Waals surface area contributed by atoms with Gasteiger partial charge in [-0.25, -0.2) is 4.79 Å². The summed E-state index contributed by atoms with van der Waals surface area (Å²) in [5.41, 5.74) is 2.12. The summed E-state index contributed by atoms with van der Waals surface area (Å²) < 4.78 is 10.2. The average Bonchev–Trinajstić information content (AvgIpc) is 2.69. The lowest BCUT2D eigenvalue weighted by Gasteiger charge is -2.10. The molecule has 0 fully saturated rings. The highest BCUT2D eigenvalue weighted by Gasteiger charge is 2.10. The Bertz CT molecular complexity index is 788. The monoisotopic (exact) mass is 384 g/mol. The van der Waals surface area contributed by atoms with E-state index in [2.05, 4.69) is 10.6 Å². The summed E-state index contributed by atoms with van der Waals surface area (Å²) in [5, 5.41) is 5.00. The van der Waals surface area contributed by atoms with Crippen LogP contribution in [0.1, 0.15) is 13.8 Å². The number of carbonyl (C=O) groups is 3. The maximum atomic E-state index is 11.7. The number of carbonyl (C=O) groups excluding carboxylic acids is 3. The molecule has 0 spiro atoms. The van der Waals surface area contributed by atoms with Crippen molar-refractivity contribution in [2.75, 3.05) is 19.8 Å². The van der Waals surface area contributed by atoms with E-state index >= 15 is 0 Å². The van der Waals surface area contributed by atoms with Crippen LogP contribution in [0.25, 0.3) is 11.1 Å². The van der Waals surface area contributed by atoms with Crippen LogP contribution >= 0.6 is 0 Å². The second-order valence-corrected chi connectivity index (χ2v) is 6.34. The minimum absolute atomic E-state index is 0.0128. The van der Waals surface area contributed by atoms with Crippen LogP contribution < -0.4 is 15.4 Å². The Kier molecular flexibility index (Phi) is 8.02. The SMILES string of the molecule is CC(C)NC(=O)CNC(=O)COC(=O)COc1ccc(-c2ccccc2)cc1. The number of esters is 1. The van der Waals surface area contributed by atoms with E-state index in [1.807, 2.05) is 56.3 Å². The Balaban J connectivity index is 1.68. The lowest BCUT2D eigenvalue weighted by molar-refractivity contribution is -0.150. The smallest absolute Gasteiger partial charge is 0.344 e. The van der Waals surface area contributed by atoms with Crippen molar-refractivity contribution in [2.45, 2.75) is 19.9 Å². The molecule has 0 radical (unpaired) electrons. The lowest BCUT2D eigenvalue weighted by atomic mass is 10.1. The molecule has 0 aromatic heterocycles. The van der Waals surface area contributed by atoms with Gasteiger partial charge in [-0.1, -0.05) is 42.5 Å². The quantitative estimate of drug-likeness (QED) is 0.644. The number of nitrogens with one attached hydrogen (secondary N) is 2. The maximum Gasteiger partial charge on any atom is 0.344 e. The molecule has 0 unspecified atom stereocenters. The Hall–Kier alpha value is -3.35. The number of amides is 2. The Morgan fingerprint density at radius 1 is 0.857 bits per heavy atom. The predicted molar refractivity (Wildman–Crippen MR) is 105 cm³/mol. The summed E-state index contributed by atoms with van der Waals surface area (Å²) >= 11 is 0. The first-order chi connectivity index (χ1) is 13.4. The average molecular weight is 384 g/mol. The van der Waals surface area contributed by atoms with E-state index in [-0.39, 0.29) is 25.1 Å². The Morgan fingerprint density at radius 3 is 2.14 bits per heavy atom. The molecule has 2 aromatic carbocycles. The molecule has 0 atom stereocenters. The van der Waals surface area contributed by atoms with Gasteiger partial charge in [-0.05, 0) is 37.1 Å². The fourth-order valence-corrected chi connectivity index (χ4v) is 2.31. The molecule has 7 heteroatoms. The van der Waals surface area contributed by atoms with Crippen molar-refractivity contribution in [3.8, 4) is 16.9 Å². The molecule has 0 bridgehead atoms. The third-order valence-corrected chi connectivity index (χ3v) is 3.58. The zero-order valence-electron chi connectivity index (χ0n) is 15.9. The summed E-state index contributed by atoms with van der Waals surface area (Å²) in [6, 6.07) is 17.2. The van der Waals surface area contributed by atoms with Gasteiger partial charge in [0, 0.05) is 6.04 Å². The van der Waals surface area contributed by atoms with Gasteiger partial charge in [-0.3, -0.25) is 9.59 Å². The van der Waals surface area contributed by atoms with Gasteiger partial charge in [-0.2, -0.15) is 0 Å². The molecule has 0 aliphatic heterocycles. The standard InChI is InChI=1S/C21H24N2O5/c1-15(2)23-19(24)12-22-20(25)13-28-21(26)14-27-18-10-8-17(9-11-18)16-6-4-3-5-7-16/h3-11,15H,12-14H2,1-2H3,(H,22,25)(H,23,24). The molecule has 2 amide bonds. The lowest BCUT2D eigenvalue weighted by Crippen LogP contribution is -2.41. The van der Waals surface area contributed by atoms with E-state index in [1.165, 1.54) is 0 Å². The van der Waals surface area contributed by atoms with Crippen molar-refractivity contribution in [3.63, 3.8) is 0 Å². The van der Waals surface area contributed by atoms with Gasteiger partial charge in [0.2, 0.25) is 5.91 Å². The number of benzene rings is 2. The molecular formula is C21H24N2O5. The van der Waals surface area contributed by atoms with Crippen LogP contribution in [0.15, 0.2) is 54.6 Å². The highest BCUT2D eigenvalue weighted by molar-refractivity contribution is 5.86. The second kappa shape index (κ2) is 10.7. The van der Waals surface area contributed by atoms with Crippen LogP contribution in [0.3, 0.4) is 0 Å². The van der Waals surface area contributed by atoms with E-state index in [1.54, 1.807) is 12.1 Å². The van der Waals surface area contributed by atoms with Gasteiger partial charge < -0.3 is 20.1 Å². The maximum absolute atomic E-state index is 11.7. The number of rotatable bonds is 9. The molecule has 28 heavy (non-hydrogen) atoms. The fourth-order valence-electron chi connectivity index (χ4n) is 2.31. The van der Waals surface area contributed by atoms with E-state index < -0.39 is 18.5 Å². The molecular weight excluding hydrogens is 360 g/mol. The van der Waals surface area contributed by atoms with Crippen LogP contribution in [-0.2, 0) is 19.1 Å². The van der Waals surface area contributed by atoms with Crippen LogP contribution in [-0.4, -0.2) is 43.6 Å². The topological polar surface area (TPSA) is 93.7 Å². The third-order valence-electron chi connectivity index (χ3n) is 3.58. The Morgan fingerprint density at radius 2 is 1.50 bits per heavy atom. The van der Waals surface area contributed by atoms with Crippen LogP contribution in [0.4, 0.5) is 0 Å². The number of hydrogen-bond acceptors (Lipinski definition) is 5. The van der Waals surface area contributed by atoms with Crippen LogP contribution in [0.2, 0.25) is 0 Å². The summed E-state index contributed by atoms with van der Waals surface area (Å²) in [5.74, 6) is -1.02. The molecule has 2 aromatic rings. The summed E-state index contributed by atoms with van der Waals surface area (Å²) in [4.78, 5) is 34.7. The van der Waals surface area contributed by atoms with Crippen LogP contribution in [0.5, 0.6) is 5.75 Å². The normalized spacial score (nSPS) is 10.2. The van der Waals surface area contributed by atoms with Crippen molar-refractivity contribution in [2.24, 2.45) is 0 Å². The van der Waals surface area contributed by atoms with E-state index in [9.17, 15) is 14.4 Å². The van der Waals surface area contributed by atoms with Crippen molar-refractivity contribution < 1.29 is 23.9 Å². The molecule has 0 saturated heterocycles. The summed E-state index contributed by atoms with van der Waals surface area (Å²) in [6.45, 7) is 2.68. The Labute approximate surface area is 164 Å². The highest BCUT2D eigenvalue weighted by atomic mass is 16.6. The minimum Gasteiger partial charge on any atom is -0.482 e. The van der Waals surface area contributed by atoms with Crippen molar-refractivity contribution in [1.29, 1.82) is 0 Å². The van der Waals surface area contributed by atoms with Gasteiger partial charge in [0.05, 0.1) is 6.54 Å². The molecule has 7 nitrogen and oxygen atoms in total. The van der Waals surface area contributed by atoms with Gasteiger partial charge in [0.25, 0.3) is 5.91 Å². The zero-order valence-corrected chi connectivity index (χ0v) is 15.9. The van der Waals surface area contributed by atoms with Gasteiger partial charge in [0.15, 0.2) is 13.2 Å². The highest BCUT2D eigenvalue weighted by Crippen LogP contribution is 2.21. The first kappa shape index (κ1) is 21.0. The van der Waals surface area contributed by atoms with Crippen molar-refractivity contribution in [3.05, 3.63) is 54.6 Å². The van der Waals surface area contributed by atoms with E-state index in [0.717, 1.165) is 11.1 Å². The first-order valence-electron chi connectivity index (χ1n) is 8.94. The largest absolute Gasteiger partial charge is 0.482 e. The zero-order chi connectivity index (χ0) is 20.4. The molecule has 148 valence electrons. The number of hydrogen-bond donors (Lipinski definition) is 2. The van der Waals surface area contributed by atoms with Crippen molar-refractivity contribution >= 4 is 17.8 Å². The molecule has 0 heterocycles. The van der Waals surface area contributed by atoms with E-state index in [0.29, 0.717) is 5.75 Å². The fraction of sp³-hybridized carbons (Fsp3) is 0.286. The van der Waals surface area contributed by atoms with Gasteiger partial charge >= 0.3 is 5.97 Å². The summed E-state index contributed by atoms with van der Waals surface area (Å²) in [6.07, 6.45) is 0. The van der Waals surface area contributed by atoms with Gasteiger partial charge in [-0.15, -0.1) is 0 Å². The van der Waals surface area contributed by atoms with Crippen molar-refractivity contribution in [1.82, 2.24) is 10.6 Å². The molecule has 2 rings (SSSR count). The number of ether oxygens (including phenoxy) is 2. The molecule has 2 N–H and O–H groups in total. The second-order valence-electron chi connectivity index (χ2n) is 6.34. The predicted octanol–water partition coefficient (Wildman–Crippen LogP) is 1.92. The summed E-state index contributed by atoms with van der Waals surface area (Å²) in [7, 11) is 0. The van der Waals surface area contributed by atoms with Crippen LogP contribution in [0, 0.1) is 0 Å². The third kappa shape index (κ3) is 7.49.